The van der Waals surface area contributed by atoms with Crippen molar-refractivity contribution in [3.05, 3.63) is 113 Å². The Morgan fingerprint density at radius 1 is 0.930 bits per heavy atom. The lowest BCUT2D eigenvalue weighted by Gasteiger charge is -2.22. The molecular weight excluding hydrogens is 583 g/mol. The van der Waals surface area contributed by atoms with Crippen LogP contribution in [0.25, 0.3) is 16.5 Å². The van der Waals surface area contributed by atoms with Gasteiger partial charge < -0.3 is 14.6 Å². The van der Waals surface area contributed by atoms with Crippen molar-refractivity contribution in [2.75, 3.05) is 19.1 Å². The van der Waals surface area contributed by atoms with Gasteiger partial charge in [0, 0.05) is 11.3 Å². The van der Waals surface area contributed by atoms with Crippen molar-refractivity contribution in [1.29, 1.82) is 0 Å². The first-order valence-electron chi connectivity index (χ1n) is 13.4. The van der Waals surface area contributed by atoms with Gasteiger partial charge in [-0.05, 0) is 47.0 Å². The molecule has 1 aliphatic heterocycles. The minimum Gasteiger partial charge on any atom is -0.507 e. The van der Waals surface area contributed by atoms with E-state index in [-0.39, 0.29) is 16.5 Å². The molecule has 0 spiro atoms. The Bertz CT molecular complexity index is 1880. The van der Waals surface area contributed by atoms with Gasteiger partial charge in [0.15, 0.2) is 15.8 Å². The van der Waals surface area contributed by atoms with Crippen LogP contribution in [0.3, 0.4) is 0 Å². The summed E-state index contributed by atoms with van der Waals surface area (Å²) >= 11 is 2.75. The average molecular weight is 610 g/mol. The number of nitrogens with zero attached hydrogens (tertiary/aromatic N) is 3. The van der Waals surface area contributed by atoms with Gasteiger partial charge in [-0.15, -0.1) is 10.2 Å². The van der Waals surface area contributed by atoms with Gasteiger partial charge in [0.2, 0.25) is 5.13 Å². The summed E-state index contributed by atoms with van der Waals surface area (Å²) in [5, 5.41) is 22.8. The maximum absolute atomic E-state index is 13.6. The number of thioether (sulfide) groups is 1. The summed E-state index contributed by atoms with van der Waals surface area (Å²) in [5.41, 5.74) is 3.11. The number of hydrogen-bond donors (Lipinski definition) is 1. The van der Waals surface area contributed by atoms with Crippen molar-refractivity contribution in [3.63, 3.8) is 0 Å². The average Bonchev–Trinajstić information content (AvgIpc) is 3.61. The Labute approximate surface area is 256 Å². The molecule has 43 heavy (non-hydrogen) atoms. The number of fused-ring (bicyclic) bond motifs is 1. The maximum Gasteiger partial charge on any atom is 0.301 e. The predicted octanol–water partition coefficient (Wildman–Crippen LogP) is 6.94. The van der Waals surface area contributed by atoms with Crippen LogP contribution in [0.5, 0.6) is 11.5 Å². The van der Waals surface area contributed by atoms with Crippen molar-refractivity contribution in [3.8, 4) is 11.5 Å². The Hall–Kier alpha value is -4.67. The van der Waals surface area contributed by atoms with Crippen LogP contribution in [-0.2, 0) is 15.3 Å². The number of ether oxygens (including phenoxy) is 2. The van der Waals surface area contributed by atoms with E-state index in [2.05, 4.69) is 34.5 Å². The number of methoxy groups -OCH3 is 2. The van der Waals surface area contributed by atoms with E-state index in [1.165, 1.54) is 47.6 Å². The minimum atomic E-state index is -0.905. The van der Waals surface area contributed by atoms with E-state index in [0.29, 0.717) is 32.7 Å². The highest BCUT2D eigenvalue weighted by Gasteiger charge is 2.48. The molecular formula is C33H27N3O5S2. The number of anilines is 1. The van der Waals surface area contributed by atoms with Gasteiger partial charge >= 0.3 is 5.91 Å². The van der Waals surface area contributed by atoms with Crippen LogP contribution in [-0.4, -0.2) is 41.2 Å². The summed E-state index contributed by atoms with van der Waals surface area (Å²) in [4.78, 5) is 28.5. The lowest BCUT2D eigenvalue weighted by molar-refractivity contribution is -0.132. The van der Waals surface area contributed by atoms with E-state index in [0.717, 1.165) is 16.5 Å². The molecule has 1 saturated heterocycles. The lowest BCUT2D eigenvalue weighted by atomic mass is 9.95. The third-order valence-corrected chi connectivity index (χ3v) is 9.43. The molecule has 1 N–H and O–H groups in total. The van der Waals surface area contributed by atoms with Gasteiger partial charge in [-0.2, -0.15) is 0 Å². The summed E-state index contributed by atoms with van der Waals surface area (Å²) < 4.78 is 11.4. The van der Waals surface area contributed by atoms with Gasteiger partial charge in [-0.25, -0.2) is 0 Å². The van der Waals surface area contributed by atoms with Crippen molar-refractivity contribution >= 4 is 56.5 Å². The second-order valence-corrected chi connectivity index (χ2v) is 12.1. The normalized spacial score (nSPS) is 16.2. The molecule has 0 aliphatic carbocycles. The number of ketones is 1. The zero-order chi connectivity index (χ0) is 30.1. The number of aliphatic hydroxyl groups is 1. The molecule has 1 atom stereocenters. The van der Waals surface area contributed by atoms with Crippen LogP contribution in [0.2, 0.25) is 0 Å². The molecule has 0 radical (unpaired) electrons. The molecule has 8 nitrogen and oxygen atoms in total. The quantitative estimate of drug-likeness (QED) is 0.0664. The molecule has 6 rings (SSSR count). The molecule has 1 aliphatic rings. The first-order chi connectivity index (χ1) is 20.9. The van der Waals surface area contributed by atoms with Gasteiger partial charge in [0.25, 0.3) is 5.78 Å². The highest BCUT2D eigenvalue weighted by molar-refractivity contribution is 8.00. The Balaban J connectivity index is 1.38. The molecule has 1 unspecified atom stereocenters. The molecule has 4 aromatic carbocycles. The molecule has 216 valence electrons. The molecule has 1 amide bonds. The highest BCUT2D eigenvalue weighted by Crippen LogP contribution is 2.45. The number of Topliss-reactive ketones (excluding diaryl/α,β-unsaturated/α-hetero) is 1. The van der Waals surface area contributed by atoms with Crippen LogP contribution in [0.1, 0.15) is 28.3 Å². The van der Waals surface area contributed by atoms with Crippen LogP contribution < -0.4 is 14.4 Å². The van der Waals surface area contributed by atoms with Crippen LogP contribution in [0.15, 0.2) is 94.8 Å². The lowest BCUT2D eigenvalue weighted by Crippen LogP contribution is -2.29. The Morgan fingerprint density at radius 2 is 1.67 bits per heavy atom. The summed E-state index contributed by atoms with van der Waals surface area (Å²) in [5.74, 6) is -0.397. The minimum absolute atomic E-state index is 0.0405. The van der Waals surface area contributed by atoms with E-state index >= 15 is 0 Å². The number of hydrogen-bond acceptors (Lipinski definition) is 9. The molecule has 1 aromatic heterocycles. The highest BCUT2D eigenvalue weighted by atomic mass is 32.2. The predicted molar refractivity (Wildman–Crippen MR) is 169 cm³/mol. The maximum atomic E-state index is 13.6. The van der Waals surface area contributed by atoms with Gasteiger partial charge in [0.1, 0.15) is 5.76 Å². The van der Waals surface area contributed by atoms with Crippen molar-refractivity contribution in [2.45, 2.75) is 23.1 Å². The first-order valence-corrected chi connectivity index (χ1v) is 15.2. The topological polar surface area (TPSA) is 102 Å². The number of rotatable bonds is 8. The summed E-state index contributed by atoms with van der Waals surface area (Å²) in [7, 11) is 3.00. The fourth-order valence-corrected chi connectivity index (χ4v) is 7.02. The summed E-state index contributed by atoms with van der Waals surface area (Å²) in [6.07, 6.45) is 0. The molecule has 0 saturated carbocycles. The van der Waals surface area contributed by atoms with E-state index in [9.17, 15) is 14.7 Å². The number of carbonyl (C=O) groups excluding carboxylic acids is 2. The number of aryl methyl sites for hydroxylation is 1. The van der Waals surface area contributed by atoms with E-state index in [4.69, 9.17) is 9.47 Å². The van der Waals surface area contributed by atoms with Crippen LogP contribution >= 0.6 is 23.1 Å². The van der Waals surface area contributed by atoms with Crippen molar-refractivity contribution in [1.82, 2.24) is 10.2 Å². The zero-order valence-electron chi connectivity index (χ0n) is 23.6. The third kappa shape index (κ3) is 5.35. The van der Waals surface area contributed by atoms with Gasteiger partial charge in [-0.1, -0.05) is 95.4 Å². The molecule has 5 aromatic rings. The Kier molecular flexibility index (Phi) is 7.88. The van der Waals surface area contributed by atoms with E-state index in [1.807, 2.05) is 49.4 Å². The largest absolute Gasteiger partial charge is 0.507 e. The van der Waals surface area contributed by atoms with Crippen LogP contribution in [0.4, 0.5) is 5.13 Å². The fourth-order valence-electron chi connectivity index (χ4n) is 5.15. The molecule has 1 fully saturated rings. The number of aliphatic hydroxyl groups excluding tert-OH is 1. The standard InChI is InChI=1S/C33H27N3O5S2/c1-19-11-13-21(14-12-19)28-27(29(37)22-15-16-25(40-2)26(17-22)41-3)30(38)31(39)36(28)32-34-35-33(43-32)42-18-23-9-6-8-20-7-4-5-10-24(20)23/h4-17,28,37H,18H2,1-3H3/b29-27+. The molecule has 2 heterocycles. The van der Waals surface area contributed by atoms with E-state index < -0.39 is 17.7 Å². The zero-order valence-corrected chi connectivity index (χ0v) is 25.2. The Morgan fingerprint density at radius 3 is 2.44 bits per heavy atom. The third-order valence-electron chi connectivity index (χ3n) is 7.33. The van der Waals surface area contributed by atoms with Crippen molar-refractivity contribution in [2.24, 2.45) is 0 Å². The number of amides is 1. The smallest absolute Gasteiger partial charge is 0.301 e. The monoisotopic (exact) mass is 609 g/mol. The summed E-state index contributed by atoms with van der Waals surface area (Å²) in [6.45, 7) is 1.95. The first kappa shape index (κ1) is 28.4. The molecule has 0 bridgehead atoms. The molecule has 10 heteroatoms. The van der Waals surface area contributed by atoms with E-state index in [1.54, 1.807) is 18.2 Å². The SMILES string of the molecule is COc1ccc(/C(O)=C2\C(=O)C(=O)N(c3nnc(SCc4cccc5ccccc45)s3)C2c2ccc(C)cc2)cc1OC. The van der Waals surface area contributed by atoms with Crippen LogP contribution in [0, 0.1) is 6.92 Å². The second-order valence-electron chi connectivity index (χ2n) is 9.93. The van der Waals surface area contributed by atoms with Gasteiger partial charge in [0.05, 0.1) is 25.8 Å². The van der Waals surface area contributed by atoms with Gasteiger partial charge in [-0.3, -0.25) is 14.5 Å². The van der Waals surface area contributed by atoms with Crippen molar-refractivity contribution < 1.29 is 24.2 Å². The second kappa shape index (κ2) is 11.9. The summed E-state index contributed by atoms with van der Waals surface area (Å²) in [6, 6.07) is 25.8. The fraction of sp³-hybridized carbons (Fsp3) is 0.152. The number of benzene rings is 4. The number of aromatic nitrogens is 2. The number of carbonyl (C=O) groups is 2.